The first-order valence-electron chi connectivity index (χ1n) is 6.03. The summed E-state index contributed by atoms with van der Waals surface area (Å²) in [6.07, 6.45) is 0.0775. The number of aliphatic carboxylic acids is 1. The predicted octanol–water partition coefficient (Wildman–Crippen LogP) is 0.894. The van der Waals surface area contributed by atoms with E-state index < -0.39 is 24.3 Å². The lowest BCUT2D eigenvalue weighted by atomic mass is 10.1. The van der Waals surface area contributed by atoms with E-state index in [1.54, 1.807) is 24.3 Å². The van der Waals surface area contributed by atoms with E-state index in [9.17, 15) is 14.4 Å². The molecule has 0 spiro atoms. The van der Waals surface area contributed by atoms with Crippen LogP contribution in [0.25, 0.3) is 0 Å². The molecule has 20 heavy (non-hydrogen) atoms. The van der Waals surface area contributed by atoms with Crippen molar-refractivity contribution >= 4 is 35.1 Å². The van der Waals surface area contributed by atoms with Crippen LogP contribution in [0.1, 0.15) is 6.42 Å². The summed E-state index contributed by atoms with van der Waals surface area (Å²) in [7, 11) is 0. The number of carbonyl (C=O) groups is 3. The van der Waals surface area contributed by atoms with Crippen molar-refractivity contribution in [1.29, 1.82) is 0 Å². The minimum Gasteiger partial charge on any atom is -0.480 e. The summed E-state index contributed by atoms with van der Waals surface area (Å²) in [5.74, 6) is -2.23. The van der Waals surface area contributed by atoms with Gasteiger partial charge in [0.05, 0.1) is 5.92 Å². The van der Waals surface area contributed by atoms with Crippen LogP contribution in [-0.2, 0) is 14.4 Å². The standard InChI is InChI=1S/C13H13ClN2O4/c14-9-1-3-10(4-2-9)16-7-8(5-11(16)17)13(20)15-6-12(18)19/h1-4,8H,5-7H2,(H,15,20)(H,18,19)/t8-/m1/s1. The molecule has 0 aromatic heterocycles. The van der Waals surface area contributed by atoms with Crippen molar-refractivity contribution in [2.45, 2.75) is 6.42 Å². The van der Waals surface area contributed by atoms with Crippen LogP contribution in [0.4, 0.5) is 5.69 Å². The molecule has 2 amide bonds. The van der Waals surface area contributed by atoms with E-state index >= 15 is 0 Å². The molecule has 1 saturated heterocycles. The van der Waals surface area contributed by atoms with Crippen molar-refractivity contribution in [2.24, 2.45) is 5.92 Å². The number of carboxylic acid groups (broad SMARTS) is 1. The fourth-order valence-corrected chi connectivity index (χ4v) is 2.19. The minimum atomic E-state index is -1.11. The smallest absolute Gasteiger partial charge is 0.322 e. The van der Waals surface area contributed by atoms with E-state index in [0.29, 0.717) is 10.7 Å². The molecule has 1 fully saturated rings. The highest BCUT2D eigenvalue weighted by atomic mass is 35.5. The fourth-order valence-electron chi connectivity index (χ4n) is 2.06. The summed E-state index contributed by atoms with van der Waals surface area (Å²) in [5.41, 5.74) is 0.674. The lowest BCUT2D eigenvalue weighted by Crippen LogP contribution is -2.36. The Labute approximate surface area is 120 Å². The average Bonchev–Trinajstić information content (AvgIpc) is 2.79. The summed E-state index contributed by atoms with van der Waals surface area (Å²) < 4.78 is 0. The molecule has 1 aromatic rings. The Balaban J connectivity index is 2.01. The van der Waals surface area contributed by atoms with E-state index in [-0.39, 0.29) is 18.9 Å². The van der Waals surface area contributed by atoms with Crippen LogP contribution in [0.5, 0.6) is 0 Å². The first-order chi connectivity index (χ1) is 9.47. The average molecular weight is 297 g/mol. The van der Waals surface area contributed by atoms with Gasteiger partial charge in [-0.3, -0.25) is 14.4 Å². The van der Waals surface area contributed by atoms with Gasteiger partial charge in [-0.2, -0.15) is 0 Å². The highest BCUT2D eigenvalue weighted by molar-refractivity contribution is 6.30. The Morgan fingerprint density at radius 3 is 2.60 bits per heavy atom. The van der Waals surface area contributed by atoms with E-state index in [0.717, 1.165) is 0 Å². The first kappa shape index (κ1) is 14.3. The van der Waals surface area contributed by atoms with Crippen LogP contribution in [0, 0.1) is 5.92 Å². The maximum Gasteiger partial charge on any atom is 0.322 e. The number of benzene rings is 1. The SMILES string of the molecule is O=C(O)CNC(=O)[C@@H]1CC(=O)N(c2ccc(Cl)cc2)C1. The van der Waals surface area contributed by atoms with Gasteiger partial charge in [-0.25, -0.2) is 0 Å². The number of nitrogens with one attached hydrogen (secondary N) is 1. The van der Waals surface area contributed by atoms with Crippen molar-refractivity contribution in [2.75, 3.05) is 18.0 Å². The number of amides is 2. The Kier molecular flexibility index (Phi) is 4.24. The van der Waals surface area contributed by atoms with Gasteiger partial charge in [-0.1, -0.05) is 11.6 Å². The van der Waals surface area contributed by atoms with Crippen molar-refractivity contribution in [3.05, 3.63) is 29.3 Å². The molecule has 1 heterocycles. The van der Waals surface area contributed by atoms with E-state index in [1.807, 2.05) is 0 Å². The molecule has 0 unspecified atom stereocenters. The molecule has 6 nitrogen and oxygen atoms in total. The lowest BCUT2D eigenvalue weighted by molar-refractivity contribution is -0.138. The molecular weight excluding hydrogens is 284 g/mol. The third-order valence-corrected chi connectivity index (χ3v) is 3.30. The topological polar surface area (TPSA) is 86.7 Å². The largest absolute Gasteiger partial charge is 0.480 e. The molecule has 2 rings (SSSR count). The maximum atomic E-state index is 11.9. The zero-order valence-corrected chi connectivity index (χ0v) is 11.3. The third kappa shape index (κ3) is 3.27. The molecule has 2 N–H and O–H groups in total. The summed E-state index contributed by atoms with van der Waals surface area (Å²) in [4.78, 5) is 35.6. The molecule has 7 heteroatoms. The number of hydrogen-bond donors (Lipinski definition) is 2. The van der Waals surface area contributed by atoms with Gasteiger partial charge in [0.1, 0.15) is 6.54 Å². The van der Waals surface area contributed by atoms with Gasteiger partial charge in [0, 0.05) is 23.7 Å². The molecule has 0 bridgehead atoms. The second-order valence-corrected chi connectivity index (χ2v) is 4.93. The summed E-state index contributed by atoms with van der Waals surface area (Å²) in [6, 6.07) is 6.75. The van der Waals surface area contributed by atoms with Crippen molar-refractivity contribution in [3.8, 4) is 0 Å². The zero-order chi connectivity index (χ0) is 14.7. The summed E-state index contributed by atoms with van der Waals surface area (Å²) in [5, 5.41) is 11.4. The van der Waals surface area contributed by atoms with Crippen LogP contribution >= 0.6 is 11.6 Å². The fraction of sp³-hybridized carbons (Fsp3) is 0.308. The molecule has 1 aliphatic rings. The number of anilines is 1. The highest BCUT2D eigenvalue weighted by Crippen LogP contribution is 2.26. The second-order valence-electron chi connectivity index (χ2n) is 4.49. The molecule has 0 saturated carbocycles. The van der Waals surface area contributed by atoms with E-state index in [1.165, 1.54) is 4.90 Å². The number of rotatable bonds is 4. The van der Waals surface area contributed by atoms with Crippen LogP contribution in [-0.4, -0.2) is 36.0 Å². The quantitative estimate of drug-likeness (QED) is 0.864. The van der Waals surface area contributed by atoms with Gasteiger partial charge in [0.25, 0.3) is 0 Å². The van der Waals surface area contributed by atoms with Gasteiger partial charge in [0.15, 0.2) is 0 Å². The Hall–Kier alpha value is -2.08. The lowest BCUT2D eigenvalue weighted by Gasteiger charge is -2.16. The van der Waals surface area contributed by atoms with Gasteiger partial charge < -0.3 is 15.3 Å². The molecule has 1 aromatic carbocycles. The minimum absolute atomic E-state index is 0.0775. The van der Waals surface area contributed by atoms with Crippen LogP contribution in [0.15, 0.2) is 24.3 Å². The van der Waals surface area contributed by atoms with E-state index in [2.05, 4.69) is 5.32 Å². The number of halogens is 1. The number of carboxylic acids is 1. The molecule has 106 valence electrons. The maximum absolute atomic E-state index is 11.9. The Morgan fingerprint density at radius 1 is 1.35 bits per heavy atom. The van der Waals surface area contributed by atoms with Crippen LogP contribution < -0.4 is 10.2 Å². The van der Waals surface area contributed by atoms with Crippen molar-refractivity contribution < 1.29 is 19.5 Å². The Morgan fingerprint density at radius 2 is 2.00 bits per heavy atom. The van der Waals surface area contributed by atoms with Gasteiger partial charge in [-0.05, 0) is 24.3 Å². The second kappa shape index (κ2) is 5.92. The Bertz CT molecular complexity index is 544. The van der Waals surface area contributed by atoms with E-state index in [4.69, 9.17) is 16.7 Å². The van der Waals surface area contributed by atoms with Crippen LogP contribution in [0.2, 0.25) is 5.02 Å². The van der Waals surface area contributed by atoms with Crippen LogP contribution in [0.3, 0.4) is 0 Å². The normalized spacial score (nSPS) is 18.1. The molecule has 0 aliphatic carbocycles. The number of hydrogen-bond acceptors (Lipinski definition) is 3. The van der Waals surface area contributed by atoms with Gasteiger partial charge >= 0.3 is 5.97 Å². The molecular formula is C13H13ClN2O4. The highest BCUT2D eigenvalue weighted by Gasteiger charge is 2.35. The zero-order valence-electron chi connectivity index (χ0n) is 10.5. The molecule has 0 radical (unpaired) electrons. The monoisotopic (exact) mass is 296 g/mol. The molecule has 1 atom stereocenters. The predicted molar refractivity (Wildman–Crippen MR) is 72.6 cm³/mol. The summed E-state index contributed by atoms with van der Waals surface area (Å²) >= 11 is 5.78. The van der Waals surface area contributed by atoms with Gasteiger partial charge in [0.2, 0.25) is 11.8 Å². The number of carbonyl (C=O) groups excluding carboxylic acids is 2. The van der Waals surface area contributed by atoms with Crippen molar-refractivity contribution in [1.82, 2.24) is 5.32 Å². The molecule has 1 aliphatic heterocycles. The third-order valence-electron chi connectivity index (χ3n) is 3.05. The van der Waals surface area contributed by atoms with Crippen molar-refractivity contribution in [3.63, 3.8) is 0 Å². The first-order valence-corrected chi connectivity index (χ1v) is 6.40. The van der Waals surface area contributed by atoms with Gasteiger partial charge in [-0.15, -0.1) is 0 Å². The summed E-state index contributed by atoms with van der Waals surface area (Å²) in [6.45, 7) is -0.198. The number of nitrogens with zero attached hydrogens (tertiary/aromatic N) is 1.